The molecule has 1 aromatic heterocycles. The van der Waals surface area contributed by atoms with Gasteiger partial charge in [-0.2, -0.15) is 0 Å². The molecule has 0 bridgehead atoms. The summed E-state index contributed by atoms with van der Waals surface area (Å²) in [6.45, 7) is 6.97. The first-order valence-electron chi connectivity index (χ1n) is 6.96. The number of nitrogens with zero attached hydrogens (tertiary/aromatic N) is 1. The van der Waals surface area contributed by atoms with Gasteiger partial charge in [0, 0.05) is 26.2 Å². The van der Waals surface area contributed by atoms with E-state index >= 15 is 0 Å². The number of methoxy groups -OCH3 is 1. The second-order valence-electron chi connectivity index (χ2n) is 4.56. The van der Waals surface area contributed by atoms with Gasteiger partial charge in [0.05, 0.1) is 12.8 Å². The Labute approximate surface area is 143 Å². The highest BCUT2D eigenvalue weighted by Gasteiger charge is 2.38. The third-order valence-corrected chi connectivity index (χ3v) is 3.31. The lowest BCUT2D eigenvalue weighted by atomic mass is 10.2. The molecular formula is C15H19BrN2O5. The number of carbonyl (C=O) groups is 2. The molecule has 0 saturated carbocycles. The quantitative estimate of drug-likeness (QED) is 0.485. The van der Waals surface area contributed by atoms with E-state index in [0.717, 1.165) is 0 Å². The van der Waals surface area contributed by atoms with Crippen LogP contribution in [0.5, 0.6) is 5.88 Å². The van der Waals surface area contributed by atoms with Crippen LogP contribution in [-0.4, -0.2) is 29.8 Å². The van der Waals surface area contributed by atoms with Crippen LogP contribution in [0, 0.1) is 0 Å². The average molecular weight is 387 g/mol. The third-order valence-electron chi connectivity index (χ3n) is 2.54. The van der Waals surface area contributed by atoms with Gasteiger partial charge in [0.1, 0.15) is 4.47 Å². The standard InChI is InChI=1S/C13H13BrN2O5.C2H6/c1-13(2)20-11(17)7(12(18)21-13)6-16-8-4-5-15-10(19-3)9(8)14;1-2/h4-6H,1-3H3,(H,15,16);1-2H3. The predicted molar refractivity (Wildman–Crippen MR) is 87.8 cm³/mol. The summed E-state index contributed by atoms with van der Waals surface area (Å²) in [5.41, 5.74) is 0.344. The molecule has 8 heteroatoms. The second kappa shape index (κ2) is 7.96. The van der Waals surface area contributed by atoms with Gasteiger partial charge in [-0.05, 0) is 22.0 Å². The molecule has 0 aliphatic carbocycles. The number of rotatable bonds is 3. The van der Waals surface area contributed by atoms with E-state index in [2.05, 4.69) is 26.2 Å². The Kier molecular flexibility index (Phi) is 6.56. The molecule has 1 aliphatic rings. The summed E-state index contributed by atoms with van der Waals surface area (Å²) < 4.78 is 15.6. The minimum Gasteiger partial charge on any atom is -0.480 e. The number of nitrogens with one attached hydrogen (secondary N) is 1. The maximum Gasteiger partial charge on any atom is 0.350 e. The van der Waals surface area contributed by atoms with E-state index in [9.17, 15) is 9.59 Å². The second-order valence-corrected chi connectivity index (χ2v) is 5.36. The molecule has 0 spiro atoms. The first-order chi connectivity index (χ1) is 10.8. The van der Waals surface area contributed by atoms with Crippen molar-refractivity contribution in [3.63, 3.8) is 0 Å². The van der Waals surface area contributed by atoms with Gasteiger partial charge in [0.15, 0.2) is 5.57 Å². The first kappa shape index (κ1) is 19.0. The SMILES string of the molecule is CC.COc1nccc(NC=C2C(=O)OC(C)(C)OC2=O)c1Br. The molecule has 2 rings (SSSR count). The van der Waals surface area contributed by atoms with E-state index in [1.807, 2.05) is 13.8 Å². The molecule has 0 amide bonds. The van der Waals surface area contributed by atoms with E-state index in [1.165, 1.54) is 33.4 Å². The van der Waals surface area contributed by atoms with Crippen molar-refractivity contribution in [1.29, 1.82) is 0 Å². The van der Waals surface area contributed by atoms with Crippen molar-refractivity contribution < 1.29 is 23.8 Å². The summed E-state index contributed by atoms with van der Waals surface area (Å²) in [4.78, 5) is 27.5. The third kappa shape index (κ3) is 4.69. The topological polar surface area (TPSA) is 86.8 Å². The number of hydrogen-bond acceptors (Lipinski definition) is 7. The van der Waals surface area contributed by atoms with Crippen molar-refractivity contribution in [2.45, 2.75) is 33.5 Å². The number of cyclic esters (lactones) is 2. The van der Waals surface area contributed by atoms with Gasteiger partial charge in [0.2, 0.25) is 5.88 Å². The van der Waals surface area contributed by atoms with Crippen molar-refractivity contribution >= 4 is 33.6 Å². The molecule has 1 aromatic rings. The Balaban J connectivity index is 0.00000127. The van der Waals surface area contributed by atoms with Gasteiger partial charge >= 0.3 is 11.9 Å². The number of pyridine rings is 1. The highest BCUT2D eigenvalue weighted by atomic mass is 79.9. The van der Waals surface area contributed by atoms with Crippen LogP contribution in [0.3, 0.4) is 0 Å². The fraction of sp³-hybridized carbons (Fsp3) is 0.400. The Bertz CT molecular complexity index is 606. The number of ether oxygens (including phenoxy) is 3. The molecule has 7 nitrogen and oxygen atoms in total. The van der Waals surface area contributed by atoms with Crippen LogP contribution < -0.4 is 10.1 Å². The number of hydrogen-bond donors (Lipinski definition) is 1. The molecule has 1 aliphatic heterocycles. The Morgan fingerprint density at radius 2 is 1.83 bits per heavy atom. The summed E-state index contributed by atoms with van der Waals surface area (Å²) in [6, 6.07) is 1.65. The number of aromatic nitrogens is 1. The molecule has 23 heavy (non-hydrogen) atoms. The van der Waals surface area contributed by atoms with E-state index in [-0.39, 0.29) is 5.57 Å². The largest absolute Gasteiger partial charge is 0.480 e. The first-order valence-corrected chi connectivity index (χ1v) is 7.75. The van der Waals surface area contributed by atoms with Crippen molar-refractivity contribution in [2.75, 3.05) is 12.4 Å². The van der Waals surface area contributed by atoms with Crippen LogP contribution >= 0.6 is 15.9 Å². The molecule has 1 saturated heterocycles. The minimum absolute atomic E-state index is 0.225. The Morgan fingerprint density at radius 3 is 2.35 bits per heavy atom. The lowest BCUT2D eigenvalue weighted by Crippen LogP contribution is -2.42. The molecule has 2 heterocycles. The van der Waals surface area contributed by atoms with Gasteiger partial charge in [-0.1, -0.05) is 13.8 Å². The molecule has 0 aromatic carbocycles. The maximum absolute atomic E-state index is 11.8. The summed E-state index contributed by atoms with van der Waals surface area (Å²) in [5.74, 6) is -2.39. The monoisotopic (exact) mass is 386 g/mol. The minimum atomic E-state index is -1.26. The van der Waals surface area contributed by atoms with Crippen LogP contribution in [0.15, 0.2) is 28.5 Å². The number of halogens is 1. The maximum atomic E-state index is 11.8. The van der Waals surface area contributed by atoms with Crippen LogP contribution in [0.4, 0.5) is 5.69 Å². The summed E-state index contributed by atoms with van der Waals surface area (Å²) in [7, 11) is 1.48. The molecule has 1 N–H and O–H groups in total. The van der Waals surface area contributed by atoms with Gasteiger partial charge in [-0.25, -0.2) is 14.6 Å². The molecule has 0 atom stereocenters. The summed E-state index contributed by atoms with van der Waals surface area (Å²) >= 11 is 3.30. The average Bonchev–Trinajstić information content (AvgIpc) is 2.49. The summed E-state index contributed by atoms with van der Waals surface area (Å²) in [6.07, 6.45) is 2.74. The molecule has 1 fully saturated rings. The molecule has 0 radical (unpaired) electrons. The predicted octanol–water partition coefficient (Wildman–Crippen LogP) is 3.01. The Hall–Kier alpha value is -2.09. The molecule has 126 valence electrons. The highest BCUT2D eigenvalue weighted by molar-refractivity contribution is 9.10. The zero-order valence-corrected chi connectivity index (χ0v) is 15.2. The Morgan fingerprint density at radius 1 is 1.26 bits per heavy atom. The van der Waals surface area contributed by atoms with Crippen molar-refractivity contribution in [2.24, 2.45) is 0 Å². The molecule has 0 unspecified atom stereocenters. The van der Waals surface area contributed by atoms with Crippen molar-refractivity contribution in [3.05, 3.63) is 28.5 Å². The lowest BCUT2D eigenvalue weighted by molar-refractivity contribution is -0.222. The van der Waals surface area contributed by atoms with Crippen molar-refractivity contribution in [3.8, 4) is 5.88 Å². The van der Waals surface area contributed by atoms with Gasteiger partial charge < -0.3 is 19.5 Å². The van der Waals surface area contributed by atoms with Crippen molar-refractivity contribution in [1.82, 2.24) is 4.98 Å². The van der Waals surface area contributed by atoms with E-state index in [4.69, 9.17) is 14.2 Å². The zero-order chi connectivity index (χ0) is 17.6. The fourth-order valence-electron chi connectivity index (χ4n) is 1.61. The van der Waals surface area contributed by atoms with E-state index in [0.29, 0.717) is 16.0 Å². The van der Waals surface area contributed by atoms with Gasteiger partial charge in [-0.15, -0.1) is 0 Å². The number of anilines is 1. The van der Waals surface area contributed by atoms with Crippen LogP contribution in [0.25, 0.3) is 0 Å². The highest BCUT2D eigenvalue weighted by Crippen LogP contribution is 2.30. The molecular weight excluding hydrogens is 368 g/mol. The van der Waals surface area contributed by atoms with Crippen LogP contribution in [0.1, 0.15) is 27.7 Å². The zero-order valence-electron chi connectivity index (χ0n) is 13.6. The normalized spacial score (nSPS) is 15.7. The fourth-order valence-corrected chi connectivity index (χ4v) is 2.12. The van der Waals surface area contributed by atoms with Gasteiger partial charge in [0.25, 0.3) is 5.79 Å². The lowest BCUT2D eigenvalue weighted by Gasteiger charge is -2.29. The smallest absolute Gasteiger partial charge is 0.350 e. The van der Waals surface area contributed by atoms with Crippen LogP contribution in [-0.2, 0) is 19.1 Å². The van der Waals surface area contributed by atoms with E-state index in [1.54, 1.807) is 6.07 Å². The number of esters is 2. The van der Waals surface area contributed by atoms with Gasteiger partial charge in [-0.3, -0.25) is 0 Å². The number of carbonyl (C=O) groups excluding carboxylic acids is 2. The van der Waals surface area contributed by atoms with Crippen LogP contribution in [0.2, 0.25) is 0 Å². The summed E-state index contributed by atoms with van der Waals surface area (Å²) in [5, 5.41) is 2.81. The van der Waals surface area contributed by atoms with E-state index < -0.39 is 17.7 Å².